The molecule has 2 aromatic rings. The summed E-state index contributed by atoms with van der Waals surface area (Å²) in [5.41, 5.74) is 2.86. The monoisotopic (exact) mass is 282 g/mol. The van der Waals surface area contributed by atoms with E-state index in [1.54, 1.807) is 12.1 Å². The summed E-state index contributed by atoms with van der Waals surface area (Å²) in [6.45, 7) is 2.42. The van der Waals surface area contributed by atoms with Gasteiger partial charge in [0, 0.05) is 12.2 Å². The largest absolute Gasteiger partial charge is 0.352 e. The molecule has 2 amide bonds. The van der Waals surface area contributed by atoms with Crippen molar-refractivity contribution in [2.24, 2.45) is 0 Å². The average Bonchev–Trinajstić information content (AvgIpc) is 2.47. The number of rotatable bonds is 5. The molecule has 0 saturated heterocycles. The van der Waals surface area contributed by atoms with Crippen LogP contribution < -0.4 is 10.6 Å². The molecule has 21 heavy (non-hydrogen) atoms. The Labute approximate surface area is 124 Å². The molecule has 0 unspecified atom stereocenters. The van der Waals surface area contributed by atoms with Crippen molar-refractivity contribution in [1.82, 2.24) is 5.32 Å². The highest BCUT2D eigenvalue weighted by Crippen LogP contribution is 2.07. The van der Waals surface area contributed by atoms with E-state index < -0.39 is 0 Å². The summed E-state index contributed by atoms with van der Waals surface area (Å²) < 4.78 is 0. The zero-order chi connectivity index (χ0) is 15.1. The molecule has 108 valence electrons. The summed E-state index contributed by atoms with van der Waals surface area (Å²) in [5, 5.41) is 5.44. The highest BCUT2D eigenvalue weighted by molar-refractivity contribution is 6.03. The third-order valence-corrected chi connectivity index (χ3v) is 3.12. The van der Waals surface area contributed by atoms with Crippen LogP contribution in [0.2, 0.25) is 0 Å². The van der Waals surface area contributed by atoms with Gasteiger partial charge in [-0.2, -0.15) is 0 Å². The minimum atomic E-state index is -0.316. The molecule has 0 bridgehead atoms. The first kappa shape index (κ1) is 14.8. The number of hydrogen-bond acceptors (Lipinski definition) is 2. The van der Waals surface area contributed by atoms with Crippen LogP contribution in [0.3, 0.4) is 0 Å². The molecule has 4 nitrogen and oxygen atoms in total. The van der Waals surface area contributed by atoms with Gasteiger partial charge in [0.25, 0.3) is 0 Å². The maximum Gasteiger partial charge on any atom is 0.233 e. The summed E-state index contributed by atoms with van der Waals surface area (Å²) in [5.74, 6) is -0.602. The van der Waals surface area contributed by atoms with Gasteiger partial charge < -0.3 is 10.6 Å². The van der Waals surface area contributed by atoms with Crippen LogP contribution in [0.5, 0.6) is 0 Å². The Morgan fingerprint density at radius 2 is 1.57 bits per heavy atom. The van der Waals surface area contributed by atoms with Gasteiger partial charge in [-0.25, -0.2) is 0 Å². The van der Waals surface area contributed by atoms with Gasteiger partial charge in [-0.1, -0.05) is 42.5 Å². The molecule has 0 spiro atoms. The Morgan fingerprint density at radius 1 is 0.905 bits per heavy atom. The van der Waals surface area contributed by atoms with Gasteiger partial charge in [0.05, 0.1) is 0 Å². The van der Waals surface area contributed by atoms with Gasteiger partial charge in [0.1, 0.15) is 6.42 Å². The Morgan fingerprint density at radius 3 is 2.29 bits per heavy atom. The van der Waals surface area contributed by atoms with Gasteiger partial charge in [0.2, 0.25) is 11.8 Å². The summed E-state index contributed by atoms with van der Waals surface area (Å²) >= 11 is 0. The van der Waals surface area contributed by atoms with E-state index >= 15 is 0 Å². The maximum atomic E-state index is 11.8. The maximum absolute atomic E-state index is 11.8. The molecular formula is C17H18N2O2. The fraction of sp³-hybridized carbons (Fsp3) is 0.176. The number of benzene rings is 2. The van der Waals surface area contributed by atoms with Crippen LogP contribution in [0.1, 0.15) is 17.5 Å². The van der Waals surface area contributed by atoms with Gasteiger partial charge in [-0.15, -0.1) is 0 Å². The zero-order valence-electron chi connectivity index (χ0n) is 11.9. The van der Waals surface area contributed by atoms with Crippen molar-refractivity contribution in [2.75, 3.05) is 5.32 Å². The summed E-state index contributed by atoms with van der Waals surface area (Å²) in [4.78, 5) is 23.5. The number of anilines is 1. The van der Waals surface area contributed by atoms with E-state index in [0.29, 0.717) is 12.2 Å². The van der Waals surface area contributed by atoms with E-state index in [4.69, 9.17) is 0 Å². The molecule has 0 aliphatic carbocycles. The number of nitrogens with one attached hydrogen (secondary N) is 2. The standard InChI is InChI=1S/C17H18N2O2/c1-13-7-5-6-8-14(13)12-18-16(20)11-17(21)19-15-9-3-2-4-10-15/h2-10H,11-12H2,1H3,(H,18,20)(H,19,21). The predicted octanol–water partition coefficient (Wildman–Crippen LogP) is 2.64. The molecule has 0 radical (unpaired) electrons. The van der Waals surface area contributed by atoms with E-state index in [0.717, 1.165) is 11.1 Å². The zero-order valence-corrected chi connectivity index (χ0v) is 11.9. The third-order valence-electron chi connectivity index (χ3n) is 3.12. The number of para-hydroxylation sites is 1. The lowest BCUT2D eigenvalue weighted by Gasteiger charge is -2.08. The number of amides is 2. The van der Waals surface area contributed by atoms with Crippen LogP contribution in [0.15, 0.2) is 54.6 Å². The first-order valence-corrected chi connectivity index (χ1v) is 6.81. The van der Waals surface area contributed by atoms with Gasteiger partial charge in [-0.3, -0.25) is 9.59 Å². The van der Waals surface area contributed by atoms with E-state index in [9.17, 15) is 9.59 Å². The molecule has 0 heterocycles. The lowest BCUT2D eigenvalue weighted by molar-refractivity contribution is -0.126. The number of carbonyl (C=O) groups is 2. The van der Waals surface area contributed by atoms with E-state index in [1.807, 2.05) is 49.4 Å². The van der Waals surface area contributed by atoms with Gasteiger partial charge in [0.15, 0.2) is 0 Å². The second-order valence-corrected chi connectivity index (χ2v) is 4.79. The minimum absolute atomic E-state index is 0.180. The predicted molar refractivity (Wildman–Crippen MR) is 82.7 cm³/mol. The molecule has 0 aliphatic rings. The SMILES string of the molecule is Cc1ccccc1CNC(=O)CC(=O)Nc1ccccc1. The van der Waals surface area contributed by atoms with Crippen LogP contribution in [0.25, 0.3) is 0 Å². The van der Waals surface area contributed by atoms with Crippen molar-refractivity contribution in [3.05, 3.63) is 65.7 Å². The highest BCUT2D eigenvalue weighted by atomic mass is 16.2. The molecule has 0 aromatic heterocycles. The third kappa shape index (κ3) is 4.76. The molecule has 4 heteroatoms. The molecule has 0 aliphatic heterocycles. The minimum Gasteiger partial charge on any atom is -0.352 e. The van der Waals surface area contributed by atoms with Crippen molar-refractivity contribution >= 4 is 17.5 Å². The molecule has 0 fully saturated rings. The van der Waals surface area contributed by atoms with E-state index in [1.165, 1.54) is 0 Å². The van der Waals surface area contributed by atoms with E-state index in [-0.39, 0.29) is 18.2 Å². The van der Waals surface area contributed by atoms with Crippen molar-refractivity contribution in [1.29, 1.82) is 0 Å². The van der Waals surface area contributed by atoms with Crippen LogP contribution >= 0.6 is 0 Å². The van der Waals surface area contributed by atoms with Crippen molar-refractivity contribution < 1.29 is 9.59 Å². The molecule has 2 rings (SSSR count). The Hall–Kier alpha value is -2.62. The summed E-state index contributed by atoms with van der Waals surface area (Å²) in [7, 11) is 0. The van der Waals surface area contributed by atoms with Crippen molar-refractivity contribution in [2.45, 2.75) is 19.9 Å². The Kier molecular flexibility index (Phi) is 5.10. The van der Waals surface area contributed by atoms with Crippen molar-refractivity contribution in [3.8, 4) is 0 Å². The quantitative estimate of drug-likeness (QED) is 0.828. The molecule has 2 N–H and O–H groups in total. The molecule has 0 atom stereocenters. The lowest BCUT2D eigenvalue weighted by atomic mass is 10.1. The Bertz CT molecular complexity index is 624. The van der Waals surface area contributed by atoms with Crippen LogP contribution in [0, 0.1) is 6.92 Å². The van der Waals surface area contributed by atoms with Crippen LogP contribution in [-0.4, -0.2) is 11.8 Å². The second-order valence-electron chi connectivity index (χ2n) is 4.79. The first-order valence-electron chi connectivity index (χ1n) is 6.81. The fourth-order valence-electron chi connectivity index (χ4n) is 1.94. The first-order chi connectivity index (χ1) is 10.1. The van der Waals surface area contributed by atoms with E-state index in [2.05, 4.69) is 10.6 Å². The number of hydrogen-bond donors (Lipinski definition) is 2. The smallest absolute Gasteiger partial charge is 0.233 e. The number of aryl methyl sites for hydroxylation is 1. The summed E-state index contributed by atoms with van der Waals surface area (Å²) in [6.07, 6.45) is -0.180. The topological polar surface area (TPSA) is 58.2 Å². The van der Waals surface area contributed by atoms with Gasteiger partial charge >= 0.3 is 0 Å². The summed E-state index contributed by atoms with van der Waals surface area (Å²) in [6, 6.07) is 16.9. The van der Waals surface area contributed by atoms with Gasteiger partial charge in [-0.05, 0) is 30.2 Å². The van der Waals surface area contributed by atoms with Crippen molar-refractivity contribution in [3.63, 3.8) is 0 Å². The Balaban J connectivity index is 1.79. The van der Waals surface area contributed by atoms with Crippen LogP contribution in [0.4, 0.5) is 5.69 Å². The lowest BCUT2D eigenvalue weighted by Crippen LogP contribution is -2.28. The normalized spacial score (nSPS) is 9.95. The number of carbonyl (C=O) groups excluding carboxylic acids is 2. The average molecular weight is 282 g/mol. The molecule has 0 saturated carbocycles. The molecule has 2 aromatic carbocycles. The highest BCUT2D eigenvalue weighted by Gasteiger charge is 2.09. The fourth-order valence-corrected chi connectivity index (χ4v) is 1.94. The second kappa shape index (κ2) is 7.24. The molecular weight excluding hydrogens is 264 g/mol. The van der Waals surface area contributed by atoms with Crippen LogP contribution in [-0.2, 0) is 16.1 Å².